The zero-order chi connectivity index (χ0) is 13.7. The van der Waals surface area contributed by atoms with E-state index in [1.807, 2.05) is 25.2 Å². The molecule has 1 aromatic heterocycles. The Morgan fingerprint density at radius 3 is 2.74 bits per heavy atom. The third-order valence-corrected chi connectivity index (χ3v) is 3.98. The van der Waals surface area contributed by atoms with Gasteiger partial charge < -0.3 is 4.90 Å². The van der Waals surface area contributed by atoms with Crippen LogP contribution in [0.4, 0.5) is 0 Å². The molecule has 0 aliphatic carbocycles. The van der Waals surface area contributed by atoms with Crippen molar-refractivity contribution in [2.75, 3.05) is 13.6 Å². The van der Waals surface area contributed by atoms with E-state index in [2.05, 4.69) is 22.5 Å². The van der Waals surface area contributed by atoms with Crippen LogP contribution in [0.15, 0.2) is 35.7 Å². The molecule has 0 aliphatic rings. The van der Waals surface area contributed by atoms with Gasteiger partial charge in [-0.05, 0) is 5.56 Å². The molecule has 19 heavy (non-hydrogen) atoms. The van der Waals surface area contributed by atoms with Crippen molar-refractivity contribution in [1.82, 2.24) is 9.88 Å². The third kappa shape index (κ3) is 4.17. The normalized spacial score (nSPS) is 10.4. The van der Waals surface area contributed by atoms with Crippen molar-refractivity contribution >= 4 is 17.2 Å². The maximum atomic E-state index is 11.1. The summed E-state index contributed by atoms with van der Waals surface area (Å²) >= 11 is 1.67. The molecule has 2 rings (SSSR count). The van der Waals surface area contributed by atoms with Crippen LogP contribution in [-0.2, 0) is 17.6 Å². The minimum Gasteiger partial charge on any atom is -0.346 e. The Kier molecular flexibility index (Phi) is 4.68. The molecule has 0 aliphatic heterocycles. The van der Waals surface area contributed by atoms with Gasteiger partial charge in [0, 0.05) is 38.7 Å². The lowest BCUT2D eigenvalue weighted by atomic mass is 10.1. The highest BCUT2D eigenvalue weighted by molar-refractivity contribution is 7.09. The van der Waals surface area contributed by atoms with Crippen molar-refractivity contribution in [3.63, 3.8) is 0 Å². The quantitative estimate of drug-likeness (QED) is 0.840. The first-order valence-electron chi connectivity index (χ1n) is 6.34. The van der Waals surface area contributed by atoms with E-state index in [0.29, 0.717) is 0 Å². The van der Waals surface area contributed by atoms with Gasteiger partial charge in [0.05, 0.1) is 10.7 Å². The molecule has 4 heteroatoms. The highest BCUT2D eigenvalue weighted by Gasteiger charge is 2.06. The number of carbonyl (C=O) groups is 1. The maximum Gasteiger partial charge on any atom is 0.219 e. The maximum absolute atomic E-state index is 11.1. The Morgan fingerprint density at radius 2 is 2.05 bits per heavy atom. The van der Waals surface area contributed by atoms with E-state index >= 15 is 0 Å². The van der Waals surface area contributed by atoms with E-state index < -0.39 is 0 Å². The van der Waals surface area contributed by atoms with Crippen molar-refractivity contribution in [2.45, 2.75) is 19.8 Å². The second-order valence-corrected chi connectivity index (χ2v) is 5.53. The van der Waals surface area contributed by atoms with Crippen molar-refractivity contribution < 1.29 is 4.79 Å². The summed E-state index contributed by atoms with van der Waals surface area (Å²) in [6.07, 6.45) is 1.70. The van der Waals surface area contributed by atoms with Gasteiger partial charge in [-0.1, -0.05) is 30.3 Å². The van der Waals surface area contributed by atoms with Gasteiger partial charge in [0.15, 0.2) is 0 Å². The molecule has 0 fully saturated rings. The van der Waals surface area contributed by atoms with E-state index in [0.717, 1.165) is 30.1 Å². The topological polar surface area (TPSA) is 33.2 Å². The number of rotatable bonds is 5. The predicted molar refractivity (Wildman–Crippen MR) is 78.4 cm³/mol. The lowest BCUT2D eigenvalue weighted by Crippen LogP contribution is -2.26. The molecule has 0 spiro atoms. The summed E-state index contributed by atoms with van der Waals surface area (Å²) in [6.45, 7) is 2.32. The van der Waals surface area contributed by atoms with E-state index in [-0.39, 0.29) is 5.91 Å². The molecule has 0 atom stereocenters. The van der Waals surface area contributed by atoms with Crippen molar-refractivity contribution in [2.24, 2.45) is 0 Å². The van der Waals surface area contributed by atoms with Gasteiger partial charge in [-0.15, -0.1) is 11.3 Å². The fourth-order valence-electron chi connectivity index (χ4n) is 1.77. The molecule has 1 heterocycles. The lowest BCUT2D eigenvalue weighted by molar-refractivity contribution is -0.127. The molecule has 3 nitrogen and oxygen atoms in total. The van der Waals surface area contributed by atoms with Crippen molar-refractivity contribution in [3.8, 4) is 0 Å². The number of thiazole rings is 1. The number of hydrogen-bond acceptors (Lipinski definition) is 3. The zero-order valence-electron chi connectivity index (χ0n) is 11.3. The number of aromatic nitrogens is 1. The molecule has 100 valence electrons. The number of likely N-dealkylation sites (N-methyl/N-ethyl adjacent to an activating group) is 1. The van der Waals surface area contributed by atoms with E-state index in [9.17, 15) is 4.79 Å². The third-order valence-electron chi connectivity index (χ3n) is 3.03. The number of amides is 1. The molecule has 0 radical (unpaired) electrons. The molecule has 0 bridgehead atoms. The first kappa shape index (κ1) is 13.7. The van der Waals surface area contributed by atoms with Crippen LogP contribution in [0.2, 0.25) is 0 Å². The highest BCUT2D eigenvalue weighted by Crippen LogP contribution is 2.14. The van der Waals surface area contributed by atoms with Crippen LogP contribution in [0.3, 0.4) is 0 Å². The molecule has 1 aromatic carbocycles. The van der Waals surface area contributed by atoms with E-state index in [4.69, 9.17) is 0 Å². The standard InChI is InChI=1S/C15H18N2OS/c1-12(18)17(2)9-8-15-16-14(11-19-15)10-13-6-4-3-5-7-13/h3-7,11H,8-10H2,1-2H3. The molecular weight excluding hydrogens is 256 g/mol. The molecule has 0 saturated heterocycles. The number of benzene rings is 1. The summed E-state index contributed by atoms with van der Waals surface area (Å²) in [5, 5.41) is 3.20. The zero-order valence-corrected chi connectivity index (χ0v) is 12.1. The average molecular weight is 274 g/mol. The summed E-state index contributed by atoms with van der Waals surface area (Å²) < 4.78 is 0. The van der Waals surface area contributed by atoms with Crippen molar-refractivity contribution in [3.05, 3.63) is 52.0 Å². The fourth-order valence-corrected chi connectivity index (χ4v) is 2.56. The van der Waals surface area contributed by atoms with Crippen LogP contribution in [-0.4, -0.2) is 29.4 Å². The first-order valence-corrected chi connectivity index (χ1v) is 7.22. The van der Waals surface area contributed by atoms with Crippen molar-refractivity contribution in [1.29, 1.82) is 0 Å². The Bertz CT molecular complexity index is 536. The summed E-state index contributed by atoms with van der Waals surface area (Å²) in [5.74, 6) is 0.0982. The minimum atomic E-state index is 0.0982. The Morgan fingerprint density at radius 1 is 1.32 bits per heavy atom. The van der Waals surface area contributed by atoms with Crippen LogP contribution in [0, 0.1) is 0 Å². The SMILES string of the molecule is CC(=O)N(C)CCc1nc(Cc2ccccc2)cs1. The Labute approximate surface area is 117 Å². The number of carbonyl (C=O) groups excluding carboxylic acids is 1. The summed E-state index contributed by atoms with van der Waals surface area (Å²) in [5.41, 5.74) is 2.39. The van der Waals surface area contributed by atoms with Gasteiger partial charge in [-0.25, -0.2) is 4.98 Å². The van der Waals surface area contributed by atoms with Gasteiger partial charge in [-0.3, -0.25) is 4.79 Å². The molecule has 0 unspecified atom stereocenters. The lowest BCUT2D eigenvalue weighted by Gasteiger charge is -2.12. The smallest absolute Gasteiger partial charge is 0.219 e. The molecule has 0 saturated carbocycles. The second-order valence-electron chi connectivity index (χ2n) is 4.59. The highest BCUT2D eigenvalue weighted by atomic mass is 32.1. The van der Waals surface area contributed by atoms with Crippen LogP contribution in [0.5, 0.6) is 0 Å². The monoisotopic (exact) mass is 274 g/mol. The van der Waals surface area contributed by atoms with Crippen LogP contribution in [0.1, 0.15) is 23.2 Å². The molecule has 2 aromatic rings. The number of nitrogens with zero attached hydrogens (tertiary/aromatic N) is 2. The fraction of sp³-hybridized carbons (Fsp3) is 0.333. The Hall–Kier alpha value is -1.68. The minimum absolute atomic E-state index is 0.0982. The number of hydrogen-bond donors (Lipinski definition) is 0. The largest absolute Gasteiger partial charge is 0.346 e. The molecular formula is C15H18N2OS. The Balaban J connectivity index is 1.90. The first-order chi connectivity index (χ1) is 9.15. The van der Waals surface area contributed by atoms with Crippen LogP contribution in [0.25, 0.3) is 0 Å². The van der Waals surface area contributed by atoms with Gasteiger partial charge in [0.25, 0.3) is 0 Å². The van der Waals surface area contributed by atoms with Crippen LogP contribution < -0.4 is 0 Å². The predicted octanol–water partition coefficient (Wildman–Crippen LogP) is 2.75. The van der Waals surface area contributed by atoms with Gasteiger partial charge in [0.1, 0.15) is 0 Å². The molecule has 0 N–H and O–H groups in total. The summed E-state index contributed by atoms with van der Waals surface area (Å²) in [4.78, 5) is 17.5. The van der Waals surface area contributed by atoms with E-state index in [1.54, 1.807) is 23.2 Å². The molecule has 1 amide bonds. The summed E-state index contributed by atoms with van der Waals surface area (Å²) in [6, 6.07) is 10.3. The van der Waals surface area contributed by atoms with Gasteiger partial charge in [0.2, 0.25) is 5.91 Å². The van der Waals surface area contributed by atoms with E-state index in [1.165, 1.54) is 5.56 Å². The second kappa shape index (κ2) is 6.48. The van der Waals surface area contributed by atoms with Crippen LogP contribution >= 0.6 is 11.3 Å². The average Bonchev–Trinajstić information content (AvgIpc) is 2.84. The van der Waals surface area contributed by atoms with Gasteiger partial charge in [-0.2, -0.15) is 0 Å². The van der Waals surface area contributed by atoms with Gasteiger partial charge >= 0.3 is 0 Å². The summed E-state index contributed by atoms with van der Waals surface area (Å²) in [7, 11) is 1.82.